The Morgan fingerprint density at radius 1 is 1.35 bits per heavy atom. The Labute approximate surface area is 152 Å². The Kier molecular flexibility index (Phi) is 4.30. The number of rotatable bonds is 3. The zero-order chi connectivity index (χ0) is 18.3. The van der Waals surface area contributed by atoms with Gasteiger partial charge < -0.3 is 19.6 Å². The quantitative estimate of drug-likeness (QED) is 0.857. The molecule has 140 valence electrons. The topological polar surface area (TPSA) is 95.9 Å². The maximum Gasteiger partial charge on any atom is 0.311 e. The summed E-state index contributed by atoms with van der Waals surface area (Å²) in [5, 5.41) is 9.73. The average Bonchev–Trinajstić information content (AvgIpc) is 3.21. The number of ether oxygens (including phenoxy) is 1. The third-order valence-corrected chi connectivity index (χ3v) is 6.04. The van der Waals surface area contributed by atoms with E-state index in [2.05, 4.69) is 9.97 Å². The minimum Gasteiger partial charge on any atom is -0.481 e. The van der Waals surface area contributed by atoms with Crippen molar-refractivity contribution in [1.82, 2.24) is 14.9 Å². The van der Waals surface area contributed by atoms with Gasteiger partial charge in [0.25, 0.3) is 5.91 Å². The molecule has 2 saturated heterocycles. The first-order valence-electron chi connectivity index (χ1n) is 9.20. The minimum atomic E-state index is -0.774. The monoisotopic (exact) mass is 360 g/mol. The molecule has 1 amide bonds. The van der Waals surface area contributed by atoms with E-state index in [1.165, 1.54) is 0 Å². The van der Waals surface area contributed by atoms with Crippen molar-refractivity contribution in [3.63, 3.8) is 0 Å². The molecule has 8 nitrogen and oxygen atoms in total. The molecule has 3 aliphatic rings. The number of carbonyl (C=O) groups is 2. The molecule has 2 aliphatic heterocycles. The van der Waals surface area contributed by atoms with Crippen LogP contribution in [0.4, 0.5) is 5.95 Å². The second-order valence-electron chi connectivity index (χ2n) is 7.54. The van der Waals surface area contributed by atoms with E-state index < -0.39 is 11.4 Å². The van der Waals surface area contributed by atoms with Gasteiger partial charge in [0.15, 0.2) is 0 Å². The summed E-state index contributed by atoms with van der Waals surface area (Å²) in [5.41, 5.74) is 0.319. The van der Waals surface area contributed by atoms with Crippen LogP contribution in [0.15, 0.2) is 6.20 Å². The van der Waals surface area contributed by atoms with Crippen molar-refractivity contribution >= 4 is 17.8 Å². The number of aliphatic carboxylic acids is 1. The maximum atomic E-state index is 13.1. The Morgan fingerprint density at radius 3 is 2.81 bits per heavy atom. The lowest BCUT2D eigenvalue weighted by atomic mass is 9.81. The number of aromatic nitrogens is 2. The highest BCUT2D eigenvalue weighted by molar-refractivity contribution is 5.95. The molecule has 0 aromatic carbocycles. The molecule has 0 radical (unpaired) electrons. The van der Waals surface area contributed by atoms with Gasteiger partial charge >= 0.3 is 5.97 Å². The third kappa shape index (κ3) is 2.72. The SMILES string of the molecule is Cc1cnc(N2CCOCC2)nc1C(=O)N1C[C@@H]2CCC[C@]2(C(=O)O)C1. The number of anilines is 1. The fraction of sp³-hybridized carbons (Fsp3) is 0.667. The highest BCUT2D eigenvalue weighted by Gasteiger charge is 2.56. The van der Waals surface area contributed by atoms with Gasteiger partial charge in [0.1, 0.15) is 5.69 Å². The van der Waals surface area contributed by atoms with Crippen molar-refractivity contribution in [2.24, 2.45) is 11.3 Å². The number of nitrogens with zero attached hydrogens (tertiary/aromatic N) is 4. The first kappa shape index (κ1) is 17.2. The summed E-state index contributed by atoms with van der Waals surface area (Å²) in [6.07, 6.45) is 4.12. The Morgan fingerprint density at radius 2 is 2.12 bits per heavy atom. The molecule has 0 spiro atoms. The second-order valence-corrected chi connectivity index (χ2v) is 7.54. The van der Waals surface area contributed by atoms with Gasteiger partial charge in [0.05, 0.1) is 18.6 Å². The minimum absolute atomic E-state index is 0.0461. The molecule has 1 aromatic rings. The van der Waals surface area contributed by atoms with Gasteiger partial charge in [-0.1, -0.05) is 6.42 Å². The molecule has 1 aromatic heterocycles. The van der Waals surface area contributed by atoms with E-state index in [0.717, 1.165) is 12.8 Å². The van der Waals surface area contributed by atoms with Crippen LogP contribution in [0, 0.1) is 18.3 Å². The maximum absolute atomic E-state index is 13.1. The largest absolute Gasteiger partial charge is 0.481 e. The lowest BCUT2D eigenvalue weighted by Gasteiger charge is -2.27. The van der Waals surface area contributed by atoms with E-state index >= 15 is 0 Å². The van der Waals surface area contributed by atoms with Gasteiger partial charge in [0.2, 0.25) is 5.95 Å². The van der Waals surface area contributed by atoms with Crippen LogP contribution in [0.25, 0.3) is 0 Å². The zero-order valence-corrected chi connectivity index (χ0v) is 15.0. The van der Waals surface area contributed by atoms with Gasteiger partial charge in [-0.2, -0.15) is 0 Å². The van der Waals surface area contributed by atoms with Crippen LogP contribution >= 0.6 is 0 Å². The summed E-state index contributed by atoms with van der Waals surface area (Å²) < 4.78 is 5.35. The summed E-state index contributed by atoms with van der Waals surface area (Å²) in [4.78, 5) is 37.5. The molecule has 0 bridgehead atoms. The first-order chi connectivity index (χ1) is 12.5. The van der Waals surface area contributed by atoms with Crippen molar-refractivity contribution in [2.75, 3.05) is 44.3 Å². The standard InChI is InChI=1S/C18H24N4O4/c1-12-9-19-17(21-5-7-26-8-6-21)20-14(12)15(23)22-10-13-3-2-4-18(13,11-22)16(24)25/h9,13H,2-8,10-11H2,1H3,(H,24,25)/t13-,18-/m0/s1. The van der Waals surface area contributed by atoms with Gasteiger partial charge in [-0.25, -0.2) is 9.97 Å². The van der Waals surface area contributed by atoms with Crippen LogP contribution in [0.3, 0.4) is 0 Å². The smallest absolute Gasteiger partial charge is 0.311 e. The summed E-state index contributed by atoms with van der Waals surface area (Å²) in [6, 6.07) is 0. The molecule has 3 heterocycles. The van der Waals surface area contributed by atoms with Crippen LogP contribution in [-0.2, 0) is 9.53 Å². The number of hydrogen-bond acceptors (Lipinski definition) is 6. The zero-order valence-electron chi connectivity index (χ0n) is 15.0. The number of aryl methyl sites for hydroxylation is 1. The summed E-state index contributed by atoms with van der Waals surface area (Å²) in [6.45, 7) is 5.24. The van der Waals surface area contributed by atoms with Crippen LogP contribution in [0.1, 0.15) is 35.3 Å². The molecule has 3 fully saturated rings. The number of morpholine rings is 1. The number of likely N-dealkylation sites (tertiary alicyclic amines) is 1. The summed E-state index contributed by atoms with van der Waals surface area (Å²) in [7, 11) is 0. The van der Waals surface area contributed by atoms with Crippen LogP contribution < -0.4 is 4.90 Å². The lowest BCUT2D eigenvalue weighted by molar-refractivity contribution is -0.149. The van der Waals surface area contributed by atoms with E-state index in [1.807, 2.05) is 11.8 Å². The van der Waals surface area contributed by atoms with Gasteiger partial charge in [0, 0.05) is 32.4 Å². The molecule has 8 heteroatoms. The fourth-order valence-corrected chi connectivity index (χ4v) is 4.51. The Balaban J connectivity index is 1.58. The molecule has 1 aliphatic carbocycles. The fourth-order valence-electron chi connectivity index (χ4n) is 4.51. The molecule has 2 atom stereocenters. The molecule has 1 N–H and O–H groups in total. The molecule has 1 saturated carbocycles. The van der Waals surface area contributed by atoms with Crippen LogP contribution in [0.2, 0.25) is 0 Å². The van der Waals surface area contributed by atoms with E-state index in [1.54, 1.807) is 11.1 Å². The van der Waals surface area contributed by atoms with E-state index in [-0.39, 0.29) is 18.4 Å². The highest BCUT2D eigenvalue weighted by atomic mass is 16.5. The molecule has 26 heavy (non-hydrogen) atoms. The summed E-state index contributed by atoms with van der Waals surface area (Å²) >= 11 is 0. The third-order valence-electron chi connectivity index (χ3n) is 6.04. The van der Waals surface area contributed by atoms with Crippen molar-refractivity contribution < 1.29 is 19.4 Å². The molecule has 4 rings (SSSR count). The van der Waals surface area contributed by atoms with Crippen molar-refractivity contribution in [3.8, 4) is 0 Å². The number of carbonyl (C=O) groups excluding carboxylic acids is 1. The van der Waals surface area contributed by atoms with Gasteiger partial charge in [-0.3, -0.25) is 9.59 Å². The van der Waals surface area contributed by atoms with Gasteiger partial charge in [-0.15, -0.1) is 0 Å². The van der Waals surface area contributed by atoms with Crippen molar-refractivity contribution in [1.29, 1.82) is 0 Å². The molecular formula is C18H24N4O4. The number of hydrogen-bond donors (Lipinski definition) is 1. The number of carboxylic acid groups (broad SMARTS) is 1. The normalized spacial score (nSPS) is 28.3. The summed E-state index contributed by atoms with van der Waals surface area (Å²) in [5.74, 6) is -0.377. The van der Waals surface area contributed by atoms with Crippen LogP contribution in [0.5, 0.6) is 0 Å². The number of fused-ring (bicyclic) bond motifs is 1. The van der Waals surface area contributed by atoms with E-state index in [9.17, 15) is 14.7 Å². The van der Waals surface area contributed by atoms with E-state index in [4.69, 9.17) is 4.74 Å². The highest BCUT2D eigenvalue weighted by Crippen LogP contribution is 2.49. The Hall–Kier alpha value is -2.22. The first-order valence-corrected chi connectivity index (χ1v) is 9.20. The molecular weight excluding hydrogens is 336 g/mol. The van der Waals surface area contributed by atoms with Gasteiger partial charge in [-0.05, 0) is 31.2 Å². The predicted octanol–water partition coefficient (Wildman–Crippen LogP) is 0.949. The van der Waals surface area contributed by atoms with E-state index in [0.29, 0.717) is 56.5 Å². The average molecular weight is 360 g/mol. The number of amides is 1. The van der Waals surface area contributed by atoms with Crippen LogP contribution in [-0.4, -0.2) is 71.2 Å². The van der Waals surface area contributed by atoms with Crippen molar-refractivity contribution in [2.45, 2.75) is 26.2 Å². The predicted molar refractivity (Wildman–Crippen MR) is 93.1 cm³/mol. The number of carboxylic acids is 1. The Bertz CT molecular complexity index is 734. The lowest BCUT2D eigenvalue weighted by Crippen LogP contribution is -2.39. The van der Waals surface area contributed by atoms with Crippen molar-refractivity contribution in [3.05, 3.63) is 17.5 Å². The molecule has 0 unspecified atom stereocenters. The second kappa shape index (κ2) is 6.50.